The highest BCUT2D eigenvalue weighted by Gasteiger charge is 2.21. The fourth-order valence-electron chi connectivity index (χ4n) is 1.59. The number of esters is 1. The number of rotatable bonds is 5. The zero-order valence-electron chi connectivity index (χ0n) is 11.9. The average Bonchev–Trinajstić information content (AvgIpc) is 2.94. The second-order valence-electron chi connectivity index (χ2n) is 4.59. The molecule has 0 radical (unpaired) electrons. The molecule has 0 N–H and O–H groups in total. The molecular formula is C14H14ClNO5S. The Balaban J connectivity index is 2.04. The Morgan fingerprint density at radius 2 is 2.00 bits per heavy atom. The molecule has 22 heavy (non-hydrogen) atoms. The molecule has 0 fully saturated rings. The molecule has 1 aromatic carbocycles. The van der Waals surface area contributed by atoms with Gasteiger partial charge in [-0.15, -0.1) is 0 Å². The van der Waals surface area contributed by atoms with E-state index in [2.05, 4.69) is 0 Å². The van der Waals surface area contributed by atoms with Crippen LogP contribution in [0.15, 0.2) is 45.9 Å². The number of hydrogen-bond acceptors (Lipinski definition) is 5. The molecule has 0 aliphatic carbocycles. The third kappa shape index (κ3) is 3.68. The molecule has 1 heterocycles. The number of sulfonamides is 1. The third-order valence-corrected chi connectivity index (χ3v) is 4.70. The normalized spacial score (nSPS) is 11.6. The van der Waals surface area contributed by atoms with E-state index in [1.165, 1.54) is 32.3 Å². The quantitative estimate of drug-likeness (QED) is 0.780. The molecule has 8 heteroatoms. The second-order valence-corrected chi connectivity index (χ2v) is 7.11. The minimum Gasteiger partial charge on any atom is -0.454 e. The lowest BCUT2D eigenvalue weighted by Crippen LogP contribution is -2.21. The third-order valence-electron chi connectivity index (χ3n) is 2.78. The van der Waals surface area contributed by atoms with Crippen molar-refractivity contribution in [2.75, 3.05) is 14.1 Å². The van der Waals surface area contributed by atoms with Gasteiger partial charge in [0.05, 0.1) is 5.56 Å². The minimum absolute atomic E-state index is 0.172. The van der Waals surface area contributed by atoms with Crippen molar-refractivity contribution in [1.29, 1.82) is 0 Å². The first-order chi connectivity index (χ1) is 10.3. The van der Waals surface area contributed by atoms with Crippen molar-refractivity contribution in [3.63, 3.8) is 0 Å². The summed E-state index contributed by atoms with van der Waals surface area (Å²) in [6.07, 6.45) is 0. The maximum absolute atomic E-state index is 11.9. The molecule has 0 saturated heterocycles. The zero-order valence-corrected chi connectivity index (χ0v) is 13.5. The van der Waals surface area contributed by atoms with Gasteiger partial charge in [-0.3, -0.25) is 0 Å². The van der Waals surface area contributed by atoms with Gasteiger partial charge in [0.15, 0.2) is 0 Å². The summed E-state index contributed by atoms with van der Waals surface area (Å²) in [4.78, 5) is 11.8. The largest absolute Gasteiger partial charge is 0.454 e. The van der Waals surface area contributed by atoms with Crippen LogP contribution in [-0.2, 0) is 21.4 Å². The van der Waals surface area contributed by atoms with Crippen molar-refractivity contribution in [3.05, 3.63) is 52.7 Å². The van der Waals surface area contributed by atoms with Gasteiger partial charge >= 0.3 is 5.97 Å². The van der Waals surface area contributed by atoms with E-state index in [0.717, 1.165) is 4.31 Å². The van der Waals surface area contributed by atoms with Crippen LogP contribution in [0, 0.1) is 0 Å². The number of halogens is 1. The second kappa shape index (κ2) is 6.51. The maximum atomic E-state index is 11.9. The lowest BCUT2D eigenvalue weighted by molar-refractivity contribution is 0.0440. The zero-order chi connectivity index (χ0) is 16.3. The Kier molecular flexibility index (Phi) is 4.90. The van der Waals surface area contributed by atoms with Gasteiger partial charge in [0.25, 0.3) is 10.0 Å². The molecule has 0 aliphatic heterocycles. The van der Waals surface area contributed by atoms with Crippen LogP contribution in [0.4, 0.5) is 0 Å². The van der Waals surface area contributed by atoms with Crippen molar-refractivity contribution < 1.29 is 22.4 Å². The van der Waals surface area contributed by atoms with Gasteiger partial charge in [0.2, 0.25) is 5.09 Å². The standard InChI is InChI=1S/C14H14ClNO5S/c1-16(2)22(18,19)13-7-6-12(21-13)9-20-14(17)10-4-3-5-11(15)8-10/h3-8H,9H2,1-2H3. The van der Waals surface area contributed by atoms with Crippen LogP contribution < -0.4 is 0 Å². The first kappa shape index (κ1) is 16.5. The number of furan rings is 1. The number of benzene rings is 1. The SMILES string of the molecule is CN(C)S(=O)(=O)c1ccc(COC(=O)c2cccc(Cl)c2)o1. The summed E-state index contributed by atoms with van der Waals surface area (Å²) in [5.74, 6) is -0.341. The molecule has 1 aromatic heterocycles. The van der Waals surface area contributed by atoms with E-state index < -0.39 is 16.0 Å². The van der Waals surface area contributed by atoms with Crippen LogP contribution in [-0.4, -0.2) is 32.8 Å². The van der Waals surface area contributed by atoms with Gasteiger partial charge < -0.3 is 9.15 Å². The molecule has 6 nitrogen and oxygen atoms in total. The van der Waals surface area contributed by atoms with E-state index in [1.807, 2.05) is 0 Å². The van der Waals surface area contributed by atoms with Crippen molar-refractivity contribution >= 4 is 27.6 Å². The van der Waals surface area contributed by atoms with Crippen LogP contribution in [0.25, 0.3) is 0 Å². The summed E-state index contributed by atoms with van der Waals surface area (Å²) in [5, 5.41) is 0.220. The van der Waals surface area contributed by atoms with E-state index >= 15 is 0 Å². The Morgan fingerprint density at radius 1 is 1.27 bits per heavy atom. The smallest absolute Gasteiger partial charge is 0.338 e. The lowest BCUT2D eigenvalue weighted by atomic mass is 10.2. The Morgan fingerprint density at radius 3 is 2.64 bits per heavy atom. The highest BCUT2D eigenvalue weighted by Crippen LogP contribution is 2.18. The van der Waals surface area contributed by atoms with Crippen LogP contribution in [0.2, 0.25) is 5.02 Å². The molecule has 0 atom stereocenters. The number of carbonyl (C=O) groups is 1. The number of carbonyl (C=O) groups excluding carboxylic acids is 1. The minimum atomic E-state index is -3.64. The van der Waals surface area contributed by atoms with E-state index in [4.69, 9.17) is 20.8 Å². The van der Waals surface area contributed by atoms with E-state index in [9.17, 15) is 13.2 Å². The summed E-state index contributed by atoms with van der Waals surface area (Å²) < 4.78 is 35.0. The van der Waals surface area contributed by atoms with Gasteiger partial charge in [-0.25, -0.2) is 17.5 Å². The van der Waals surface area contributed by atoms with Gasteiger partial charge in [-0.05, 0) is 30.3 Å². The molecule has 0 unspecified atom stereocenters. The fraction of sp³-hybridized carbons (Fsp3) is 0.214. The summed E-state index contributed by atoms with van der Waals surface area (Å²) in [6.45, 7) is -0.172. The van der Waals surface area contributed by atoms with E-state index in [-0.39, 0.29) is 17.5 Å². The first-order valence-corrected chi connectivity index (χ1v) is 8.06. The van der Waals surface area contributed by atoms with Crippen LogP contribution in [0.1, 0.15) is 16.1 Å². The topological polar surface area (TPSA) is 76.8 Å². The molecular weight excluding hydrogens is 330 g/mol. The van der Waals surface area contributed by atoms with Crippen LogP contribution in [0.5, 0.6) is 0 Å². The Bertz CT molecular complexity index is 782. The molecule has 2 aromatic rings. The average molecular weight is 344 g/mol. The number of ether oxygens (including phenoxy) is 1. The van der Waals surface area contributed by atoms with Crippen molar-refractivity contribution in [1.82, 2.24) is 4.31 Å². The predicted molar refractivity (Wildman–Crippen MR) is 80.2 cm³/mol. The first-order valence-electron chi connectivity index (χ1n) is 6.24. The molecule has 0 bridgehead atoms. The van der Waals surface area contributed by atoms with E-state index in [1.54, 1.807) is 18.2 Å². The maximum Gasteiger partial charge on any atom is 0.338 e. The molecule has 0 amide bonds. The lowest BCUT2D eigenvalue weighted by Gasteiger charge is -2.08. The fourth-order valence-corrected chi connectivity index (χ4v) is 2.59. The van der Waals surface area contributed by atoms with Gasteiger partial charge in [-0.2, -0.15) is 0 Å². The molecule has 0 saturated carbocycles. The van der Waals surface area contributed by atoms with Crippen molar-refractivity contribution in [2.45, 2.75) is 11.7 Å². The summed E-state index contributed by atoms with van der Waals surface area (Å²) in [5.41, 5.74) is 0.306. The van der Waals surface area contributed by atoms with Crippen LogP contribution in [0.3, 0.4) is 0 Å². The number of hydrogen-bond donors (Lipinski definition) is 0. The summed E-state index contributed by atoms with van der Waals surface area (Å²) in [6, 6.07) is 9.09. The van der Waals surface area contributed by atoms with Crippen LogP contribution >= 0.6 is 11.6 Å². The predicted octanol–water partition coefficient (Wildman–Crippen LogP) is 2.54. The Labute approximate surface area is 133 Å². The summed E-state index contributed by atoms with van der Waals surface area (Å²) >= 11 is 5.79. The van der Waals surface area contributed by atoms with Crippen molar-refractivity contribution in [3.8, 4) is 0 Å². The molecule has 0 aliphatic rings. The van der Waals surface area contributed by atoms with Gasteiger partial charge in [0.1, 0.15) is 12.4 Å². The van der Waals surface area contributed by atoms with E-state index in [0.29, 0.717) is 10.6 Å². The summed E-state index contributed by atoms with van der Waals surface area (Å²) in [7, 11) is -0.845. The highest BCUT2D eigenvalue weighted by molar-refractivity contribution is 7.88. The van der Waals surface area contributed by atoms with Gasteiger partial charge in [0, 0.05) is 19.1 Å². The molecule has 0 spiro atoms. The Hall–Kier alpha value is -1.83. The molecule has 2 rings (SSSR count). The highest BCUT2D eigenvalue weighted by atomic mass is 35.5. The molecule has 118 valence electrons. The monoisotopic (exact) mass is 343 g/mol. The number of nitrogens with zero attached hydrogens (tertiary/aromatic N) is 1. The van der Waals surface area contributed by atoms with Gasteiger partial charge in [-0.1, -0.05) is 17.7 Å². The van der Waals surface area contributed by atoms with Crippen molar-refractivity contribution in [2.24, 2.45) is 0 Å².